The summed E-state index contributed by atoms with van der Waals surface area (Å²) in [5.74, 6) is 0. The van der Waals surface area contributed by atoms with E-state index in [1.54, 1.807) is 6.07 Å². The summed E-state index contributed by atoms with van der Waals surface area (Å²) < 4.78 is 0. The molecule has 0 amide bonds. The summed E-state index contributed by atoms with van der Waals surface area (Å²) in [6.07, 6.45) is 2.52. The average Bonchev–Trinajstić information content (AvgIpc) is 2.68. The topological polar surface area (TPSA) is 15.3 Å². The van der Waals surface area contributed by atoms with Crippen LogP contribution in [0.5, 0.6) is 0 Å². The lowest BCUT2D eigenvalue weighted by Gasteiger charge is -2.23. The summed E-state index contributed by atoms with van der Waals surface area (Å²) in [4.78, 5) is 2.20. The number of hydrogen-bond acceptors (Lipinski definition) is 2. The number of nitrogens with one attached hydrogen (secondary N) is 1. The number of nitrogens with zero attached hydrogens (tertiary/aromatic N) is 1. The molecule has 2 nitrogen and oxygen atoms in total. The fourth-order valence-electron chi connectivity index (χ4n) is 2.11. The Hall–Kier alpha value is -0.440. The Bertz CT molecular complexity index is 342. The quantitative estimate of drug-likeness (QED) is 0.896. The van der Waals surface area contributed by atoms with E-state index in [-0.39, 0.29) is 0 Å². The molecule has 0 bridgehead atoms. The van der Waals surface area contributed by atoms with Crippen LogP contribution >= 0.6 is 23.2 Å². The molecular weight excluding hydrogens is 243 g/mol. The lowest BCUT2D eigenvalue weighted by Crippen LogP contribution is -2.35. The fourth-order valence-corrected chi connectivity index (χ4v) is 2.62. The van der Waals surface area contributed by atoms with Crippen LogP contribution in [0, 0.1) is 0 Å². The van der Waals surface area contributed by atoms with Crippen molar-refractivity contribution < 1.29 is 0 Å². The molecular formula is C12H16Cl2N2. The van der Waals surface area contributed by atoms with E-state index >= 15 is 0 Å². The van der Waals surface area contributed by atoms with Crippen molar-refractivity contribution in [1.29, 1.82) is 0 Å². The van der Waals surface area contributed by atoms with Gasteiger partial charge in [0.1, 0.15) is 0 Å². The van der Waals surface area contributed by atoms with E-state index in [2.05, 4.69) is 17.3 Å². The SMILES string of the molecule is CN(CC1CCCN1)c1cc(Cl)cc(Cl)c1. The Morgan fingerprint density at radius 2 is 2.00 bits per heavy atom. The molecule has 1 N–H and O–H groups in total. The van der Waals surface area contributed by atoms with Crippen molar-refractivity contribution in [3.63, 3.8) is 0 Å². The third-order valence-electron chi connectivity index (χ3n) is 2.94. The molecule has 1 aliphatic rings. The van der Waals surface area contributed by atoms with E-state index in [1.807, 2.05) is 12.1 Å². The average molecular weight is 259 g/mol. The van der Waals surface area contributed by atoms with E-state index in [9.17, 15) is 0 Å². The first-order valence-corrected chi connectivity index (χ1v) is 6.31. The Kier molecular flexibility index (Phi) is 3.95. The first-order chi connectivity index (χ1) is 7.65. The molecule has 0 aromatic heterocycles. The number of anilines is 1. The standard InChI is InChI=1S/C12H16Cl2N2/c1-16(8-11-3-2-4-15-11)12-6-9(13)5-10(14)7-12/h5-7,11,15H,2-4,8H2,1H3. The summed E-state index contributed by atoms with van der Waals surface area (Å²) in [5, 5.41) is 4.86. The van der Waals surface area contributed by atoms with Gasteiger partial charge in [0.15, 0.2) is 0 Å². The lowest BCUT2D eigenvalue weighted by atomic mass is 10.2. The van der Waals surface area contributed by atoms with Crippen LogP contribution in [-0.4, -0.2) is 26.2 Å². The normalized spacial score (nSPS) is 20.1. The molecule has 4 heteroatoms. The second-order valence-corrected chi connectivity index (χ2v) is 5.17. The van der Waals surface area contributed by atoms with Crippen molar-refractivity contribution in [2.75, 3.05) is 25.0 Å². The third kappa shape index (κ3) is 3.03. The first-order valence-electron chi connectivity index (χ1n) is 5.56. The predicted octanol–water partition coefficient (Wildman–Crippen LogP) is 3.18. The minimum Gasteiger partial charge on any atom is -0.373 e. The molecule has 1 aromatic carbocycles. The smallest absolute Gasteiger partial charge is 0.0441 e. The maximum atomic E-state index is 5.98. The summed E-state index contributed by atoms with van der Waals surface area (Å²) in [7, 11) is 2.07. The molecule has 88 valence electrons. The van der Waals surface area contributed by atoms with Gasteiger partial charge in [0, 0.05) is 35.4 Å². The zero-order valence-corrected chi connectivity index (χ0v) is 10.9. The van der Waals surface area contributed by atoms with Gasteiger partial charge in [0.05, 0.1) is 0 Å². The molecule has 16 heavy (non-hydrogen) atoms. The van der Waals surface area contributed by atoms with Crippen molar-refractivity contribution in [2.24, 2.45) is 0 Å². The van der Waals surface area contributed by atoms with Crippen LogP contribution < -0.4 is 10.2 Å². The molecule has 0 spiro atoms. The second kappa shape index (κ2) is 5.26. The van der Waals surface area contributed by atoms with Crippen molar-refractivity contribution >= 4 is 28.9 Å². The Balaban J connectivity index is 2.04. The van der Waals surface area contributed by atoms with Gasteiger partial charge in [0.25, 0.3) is 0 Å². The molecule has 0 saturated carbocycles. The zero-order chi connectivity index (χ0) is 11.5. The Labute approximate surface area is 107 Å². The molecule has 1 saturated heterocycles. The van der Waals surface area contributed by atoms with Crippen LogP contribution in [0.1, 0.15) is 12.8 Å². The molecule has 0 aliphatic carbocycles. The van der Waals surface area contributed by atoms with Crippen molar-refractivity contribution in [1.82, 2.24) is 5.32 Å². The highest BCUT2D eigenvalue weighted by Crippen LogP contribution is 2.25. The minimum absolute atomic E-state index is 0.586. The molecule has 1 atom stereocenters. The zero-order valence-electron chi connectivity index (χ0n) is 9.34. The largest absolute Gasteiger partial charge is 0.373 e. The highest BCUT2D eigenvalue weighted by molar-refractivity contribution is 6.35. The molecule has 1 heterocycles. The van der Waals surface area contributed by atoms with E-state index < -0.39 is 0 Å². The minimum atomic E-state index is 0.586. The predicted molar refractivity (Wildman–Crippen MR) is 70.8 cm³/mol. The molecule has 0 radical (unpaired) electrons. The fraction of sp³-hybridized carbons (Fsp3) is 0.500. The van der Waals surface area contributed by atoms with Gasteiger partial charge in [-0.2, -0.15) is 0 Å². The third-order valence-corrected chi connectivity index (χ3v) is 3.38. The molecule has 1 unspecified atom stereocenters. The van der Waals surface area contributed by atoms with Crippen LogP contribution in [-0.2, 0) is 0 Å². The van der Waals surface area contributed by atoms with Gasteiger partial charge >= 0.3 is 0 Å². The second-order valence-electron chi connectivity index (χ2n) is 4.30. The Morgan fingerprint density at radius 3 is 2.56 bits per heavy atom. The summed E-state index contributed by atoms with van der Waals surface area (Å²) in [5.41, 5.74) is 1.08. The highest BCUT2D eigenvalue weighted by atomic mass is 35.5. The van der Waals surface area contributed by atoms with E-state index in [0.29, 0.717) is 16.1 Å². The van der Waals surface area contributed by atoms with Crippen LogP contribution in [0.3, 0.4) is 0 Å². The van der Waals surface area contributed by atoms with Crippen molar-refractivity contribution in [3.8, 4) is 0 Å². The number of likely N-dealkylation sites (N-methyl/N-ethyl adjacent to an activating group) is 1. The van der Waals surface area contributed by atoms with E-state index in [4.69, 9.17) is 23.2 Å². The number of hydrogen-bond donors (Lipinski definition) is 1. The van der Waals surface area contributed by atoms with Gasteiger partial charge < -0.3 is 10.2 Å². The van der Waals surface area contributed by atoms with Crippen molar-refractivity contribution in [2.45, 2.75) is 18.9 Å². The van der Waals surface area contributed by atoms with Crippen LogP contribution in [0.4, 0.5) is 5.69 Å². The van der Waals surface area contributed by atoms with Gasteiger partial charge in [0.2, 0.25) is 0 Å². The lowest BCUT2D eigenvalue weighted by molar-refractivity contribution is 0.600. The molecule has 1 aromatic rings. The summed E-state index contributed by atoms with van der Waals surface area (Å²) in [6.45, 7) is 2.13. The Morgan fingerprint density at radius 1 is 1.31 bits per heavy atom. The molecule has 1 fully saturated rings. The van der Waals surface area contributed by atoms with Crippen LogP contribution in [0.15, 0.2) is 18.2 Å². The maximum Gasteiger partial charge on any atom is 0.0441 e. The monoisotopic (exact) mass is 258 g/mol. The van der Waals surface area contributed by atoms with Crippen LogP contribution in [0.2, 0.25) is 10.0 Å². The van der Waals surface area contributed by atoms with Gasteiger partial charge in [-0.1, -0.05) is 23.2 Å². The highest BCUT2D eigenvalue weighted by Gasteiger charge is 2.16. The van der Waals surface area contributed by atoms with Gasteiger partial charge in [-0.3, -0.25) is 0 Å². The maximum absolute atomic E-state index is 5.98. The van der Waals surface area contributed by atoms with Crippen LogP contribution in [0.25, 0.3) is 0 Å². The van der Waals surface area contributed by atoms with Crippen molar-refractivity contribution in [3.05, 3.63) is 28.2 Å². The molecule has 2 rings (SSSR count). The summed E-state index contributed by atoms with van der Waals surface area (Å²) >= 11 is 12.0. The van der Waals surface area contributed by atoms with Gasteiger partial charge in [-0.05, 0) is 37.6 Å². The van der Waals surface area contributed by atoms with Gasteiger partial charge in [-0.15, -0.1) is 0 Å². The number of rotatable bonds is 3. The molecule has 1 aliphatic heterocycles. The number of benzene rings is 1. The first kappa shape index (κ1) is 12.0. The van der Waals surface area contributed by atoms with E-state index in [1.165, 1.54) is 12.8 Å². The number of halogens is 2. The van der Waals surface area contributed by atoms with Gasteiger partial charge in [-0.25, -0.2) is 0 Å². The van der Waals surface area contributed by atoms with E-state index in [0.717, 1.165) is 18.8 Å². The summed E-state index contributed by atoms with van der Waals surface area (Å²) in [6, 6.07) is 6.24.